The highest BCUT2D eigenvalue weighted by Crippen LogP contribution is 2.31. The van der Waals surface area contributed by atoms with Crippen molar-refractivity contribution < 1.29 is 9.21 Å². The second-order valence-electron chi connectivity index (χ2n) is 4.94. The molecule has 1 amide bonds. The van der Waals surface area contributed by atoms with Crippen LogP contribution in [0.5, 0.6) is 0 Å². The molecule has 0 N–H and O–H groups in total. The van der Waals surface area contributed by atoms with E-state index >= 15 is 0 Å². The van der Waals surface area contributed by atoms with Gasteiger partial charge in [-0.2, -0.15) is 0 Å². The van der Waals surface area contributed by atoms with Crippen molar-refractivity contribution in [2.75, 3.05) is 6.54 Å². The molecule has 1 aliphatic rings. The molecule has 19 heavy (non-hydrogen) atoms. The summed E-state index contributed by atoms with van der Waals surface area (Å²) in [5, 5.41) is 2.08. The Hall–Kier alpha value is -1.55. The Morgan fingerprint density at radius 2 is 2.26 bits per heavy atom. The van der Waals surface area contributed by atoms with E-state index in [9.17, 15) is 4.79 Å². The number of amides is 1. The van der Waals surface area contributed by atoms with Crippen LogP contribution in [0.25, 0.3) is 0 Å². The molecule has 0 unspecified atom stereocenters. The molecule has 1 aliphatic carbocycles. The second-order valence-corrected chi connectivity index (χ2v) is 5.98. The third kappa shape index (κ3) is 3.26. The normalized spacial score (nSPS) is 14.5. The first kappa shape index (κ1) is 12.5. The van der Waals surface area contributed by atoms with Crippen molar-refractivity contribution in [2.45, 2.75) is 25.8 Å². The fraction of sp³-hybridized carbons (Fsp3) is 0.400. The highest BCUT2D eigenvalue weighted by molar-refractivity contribution is 7.09. The third-order valence-electron chi connectivity index (χ3n) is 3.37. The van der Waals surface area contributed by atoms with Crippen LogP contribution in [0.15, 0.2) is 40.3 Å². The molecule has 0 spiro atoms. The van der Waals surface area contributed by atoms with Gasteiger partial charge in [0.05, 0.1) is 12.8 Å². The summed E-state index contributed by atoms with van der Waals surface area (Å²) in [6, 6.07) is 7.98. The Morgan fingerprint density at radius 3 is 2.89 bits per heavy atom. The lowest BCUT2D eigenvalue weighted by molar-refractivity contribution is -0.133. The van der Waals surface area contributed by atoms with Crippen LogP contribution in [0, 0.1) is 5.92 Å². The number of thiophene rings is 1. The van der Waals surface area contributed by atoms with Crippen molar-refractivity contribution in [3.63, 3.8) is 0 Å². The standard InChI is InChI=1S/C15H17NO2S/c17-15(12-5-6-12)16(11-13-3-1-9-18-13)8-7-14-4-2-10-19-14/h1-4,9-10,12H,5-8,11H2. The minimum absolute atomic E-state index is 0.262. The zero-order valence-electron chi connectivity index (χ0n) is 10.7. The maximum absolute atomic E-state index is 12.3. The molecule has 1 fully saturated rings. The van der Waals surface area contributed by atoms with Gasteiger partial charge in [0.1, 0.15) is 5.76 Å². The van der Waals surface area contributed by atoms with Gasteiger partial charge in [-0.3, -0.25) is 4.79 Å². The Labute approximate surface area is 116 Å². The number of hydrogen-bond acceptors (Lipinski definition) is 3. The molecule has 2 aromatic heterocycles. The number of nitrogens with zero attached hydrogens (tertiary/aromatic N) is 1. The van der Waals surface area contributed by atoms with E-state index in [1.807, 2.05) is 17.0 Å². The number of furan rings is 1. The second kappa shape index (κ2) is 5.61. The summed E-state index contributed by atoms with van der Waals surface area (Å²) in [5.41, 5.74) is 0. The van der Waals surface area contributed by atoms with Crippen molar-refractivity contribution >= 4 is 17.2 Å². The quantitative estimate of drug-likeness (QED) is 0.810. The minimum atomic E-state index is 0.262. The molecule has 100 valence electrons. The van der Waals surface area contributed by atoms with E-state index in [0.29, 0.717) is 6.54 Å². The first-order valence-corrected chi connectivity index (χ1v) is 7.54. The SMILES string of the molecule is O=C(C1CC1)N(CCc1cccs1)Cc1ccco1. The highest BCUT2D eigenvalue weighted by Gasteiger charge is 2.33. The largest absolute Gasteiger partial charge is 0.467 e. The van der Waals surface area contributed by atoms with Crippen molar-refractivity contribution in [2.24, 2.45) is 5.92 Å². The molecule has 0 atom stereocenters. The molecule has 2 heterocycles. The van der Waals surface area contributed by atoms with Crippen LogP contribution in [0.2, 0.25) is 0 Å². The van der Waals surface area contributed by atoms with E-state index in [-0.39, 0.29) is 11.8 Å². The number of rotatable bonds is 6. The Bertz CT molecular complexity index is 514. The van der Waals surface area contributed by atoms with E-state index in [4.69, 9.17) is 4.42 Å². The average Bonchev–Trinajstić information content (AvgIpc) is 2.91. The smallest absolute Gasteiger partial charge is 0.226 e. The zero-order valence-corrected chi connectivity index (χ0v) is 11.6. The van der Waals surface area contributed by atoms with Gasteiger partial charge in [0.2, 0.25) is 5.91 Å². The molecule has 0 saturated heterocycles. The lowest BCUT2D eigenvalue weighted by Crippen LogP contribution is -2.33. The van der Waals surface area contributed by atoms with Gasteiger partial charge in [0, 0.05) is 17.3 Å². The van der Waals surface area contributed by atoms with E-state index in [1.54, 1.807) is 17.6 Å². The Kier molecular flexibility index (Phi) is 3.69. The molecule has 1 saturated carbocycles. The topological polar surface area (TPSA) is 33.5 Å². The van der Waals surface area contributed by atoms with Crippen LogP contribution in [0.1, 0.15) is 23.5 Å². The van der Waals surface area contributed by atoms with Crippen LogP contribution in [0.3, 0.4) is 0 Å². The first-order chi connectivity index (χ1) is 9.33. The fourth-order valence-corrected chi connectivity index (χ4v) is 2.84. The summed E-state index contributed by atoms with van der Waals surface area (Å²) in [4.78, 5) is 15.5. The van der Waals surface area contributed by atoms with Gasteiger partial charge in [-0.05, 0) is 42.8 Å². The minimum Gasteiger partial charge on any atom is -0.467 e. The van der Waals surface area contributed by atoms with Crippen LogP contribution < -0.4 is 0 Å². The summed E-state index contributed by atoms with van der Waals surface area (Å²) >= 11 is 1.75. The summed E-state index contributed by atoms with van der Waals surface area (Å²) in [6.07, 6.45) is 4.68. The number of hydrogen-bond donors (Lipinski definition) is 0. The van der Waals surface area contributed by atoms with Gasteiger partial charge in [0.25, 0.3) is 0 Å². The van der Waals surface area contributed by atoms with Gasteiger partial charge in [-0.15, -0.1) is 11.3 Å². The molecular weight excluding hydrogens is 258 g/mol. The molecule has 0 aromatic carbocycles. The number of carbonyl (C=O) groups excluding carboxylic acids is 1. The van der Waals surface area contributed by atoms with Crippen molar-refractivity contribution in [1.29, 1.82) is 0 Å². The van der Waals surface area contributed by atoms with Gasteiger partial charge >= 0.3 is 0 Å². The molecule has 0 radical (unpaired) electrons. The van der Waals surface area contributed by atoms with E-state index < -0.39 is 0 Å². The highest BCUT2D eigenvalue weighted by atomic mass is 32.1. The lowest BCUT2D eigenvalue weighted by Gasteiger charge is -2.21. The molecule has 0 bridgehead atoms. The number of carbonyl (C=O) groups is 1. The maximum atomic E-state index is 12.3. The molecule has 3 nitrogen and oxygen atoms in total. The average molecular weight is 275 g/mol. The fourth-order valence-electron chi connectivity index (χ4n) is 2.15. The summed E-state index contributed by atoms with van der Waals surface area (Å²) in [7, 11) is 0. The molecule has 2 aromatic rings. The zero-order chi connectivity index (χ0) is 13.1. The predicted octanol–water partition coefficient (Wildman–Crippen LogP) is 3.32. The van der Waals surface area contributed by atoms with Crippen LogP contribution >= 0.6 is 11.3 Å². The lowest BCUT2D eigenvalue weighted by atomic mass is 10.2. The maximum Gasteiger partial charge on any atom is 0.226 e. The monoisotopic (exact) mass is 275 g/mol. The summed E-state index contributed by atoms with van der Waals surface area (Å²) in [6.45, 7) is 1.37. The van der Waals surface area contributed by atoms with E-state index in [2.05, 4.69) is 17.5 Å². The van der Waals surface area contributed by atoms with Crippen molar-refractivity contribution in [3.05, 3.63) is 46.5 Å². The first-order valence-electron chi connectivity index (χ1n) is 6.66. The van der Waals surface area contributed by atoms with E-state index in [1.165, 1.54) is 4.88 Å². The summed E-state index contributed by atoms with van der Waals surface area (Å²) < 4.78 is 5.36. The summed E-state index contributed by atoms with van der Waals surface area (Å²) in [5.74, 6) is 1.41. The molecule has 4 heteroatoms. The molecular formula is C15H17NO2S. The van der Waals surface area contributed by atoms with Gasteiger partial charge in [0.15, 0.2) is 0 Å². The van der Waals surface area contributed by atoms with Gasteiger partial charge < -0.3 is 9.32 Å². The van der Waals surface area contributed by atoms with E-state index in [0.717, 1.165) is 31.6 Å². The predicted molar refractivity (Wildman–Crippen MR) is 74.9 cm³/mol. The van der Waals surface area contributed by atoms with Gasteiger partial charge in [-0.1, -0.05) is 6.07 Å². The van der Waals surface area contributed by atoms with Crippen molar-refractivity contribution in [3.8, 4) is 0 Å². The Balaban J connectivity index is 1.63. The van der Waals surface area contributed by atoms with Crippen LogP contribution in [-0.2, 0) is 17.8 Å². The van der Waals surface area contributed by atoms with Crippen molar-refractivity contribution in [1.82, 2.24) is 4.90 Å². The van der Waals surface area contributed by atoms with Gasteiger partial charge in [-0.25, -0.2) is 0 Å². The third-order valence-corrected chi connectivity index (χ3v) is 4.31. The molecule has 0 aliphatic heterocycles. The van der Waals surface area contributed by atoms with Crippen LogP contribution in [-0.4, -0.2) is 17.4 Å². The van der Waals surface area contributed by atoms with Crippen LogP contribution in [0.4, 0.5) is 0 Å². The Morgan fingerprint density at radius 1 is 1.37 bits per heavy atom. The molecule has 3 rings (SSSR count).